The Balaban J connectivity index is 1.79. The summed E-state index contributed by atoms with van der Waals surface area (Å²) in [6.45, 7) is 6.75. The lowest BCUT2D eigenvalue weighted by Crippen LogP contribution is -2.45. The molecular formula is C15H28BrNO. The number of nitrogens with zero attached hydrogens (tertiary/aromatic N) is 1. The summed E-state index contributed by atoms with van der Waals surface area (Å²) in [7, 11) is 0. The molecule has 0 aromatic carbocycles. The van der Waals surface area contributed by atoms with Crippen LogP contribution in [0.3, 0.4) is 0 Å². The number of hydrogen-bond donors (Lipinski definition) is 0. The highest BCUT2D eigenvalue weighted by molar-refractivity contribution is 9.09. The minimum absolute atomic E-state index is 0.525. The molecule has 2 aliphatic rings. The van der Waals surface area contributed by atoms with Crippen LogP contribution >= 0.6 is 15.9 Å². The Morgan fingerprint density at radius 2 is 1.83 bits per heavy atom. The third-order valence-electron chi connectivity index (χ3n) is 4.69. The Morgan fingerprint density at radius 1 is 1.17 bits per heavy atom. The summed E-state index contributed by atoms with van der Waals surface area (Å²) in [6.07, 6.45) is 10.1. The second kappa shape index (κ2) is 7.25. The zero-order valence-corrected chi connectivity index (χ0v) is 13.4. The van der Waals surface area contributed by atoms with Crippen molar-refractivity contribution in [3.05, 3.63) is 0 Å². The highest BCUT2D eigenvalue weighted by Gasteiger charge is 2.34. The minimum atomic E-state index is 0.525. The van der Waals surface area contributed by atoms with Gasteiger partial charge in [-0.15, -0.1) is 0 Å². The lowest BCUT2D eigenvalue weighted by molar-refractivity contribution is 0.00238. The fourth-order valence-electron chi connectivity index (χ4n) is 3.58. The molecule has 1 heterocycles. The molecule has 1 saturated heterocycles. The number of ether oxygens (including phenoxy) is 1. The monoisotopic (exact) mass is 317 g/mol. The third-order valence-corrected chi connectivity index (χ3v) is 5.88. The van der Waals surface area contributed by atoms with E-state index >= 15 is 0 Å². The molecule has 2 rings (SSSR count). The van der Waals surface area contributed by atoms with Crippen molar-refractivity contribution < 1.29 is 4.74 Å². The van der Waals surface area contributed by atoms with Crippen molar-refractivity contribution in [2.24, 2.45) is 5.41 Å². The van der Waals surface area contributed by atoms with Crippen molar-refractivity contribution in [1.29, 1.82) is 0 Å². The maximum atomic E-state index is 5.74. The van der Waals surface area contributed by atoms with Crippen LogP contribution in [0.5, 0.6) is 0 Å². The van der Waals surface area contributed by atoms with E-state index < -0.39 is 0 Å². The molecule has 0 aromatic rings. The molecule has 0 spiro atoms. The average Bonchev–Trinajstić information content (AvgIpc) is 2.42. The molecular weight excluding hydrogens is 290 g/mol. The summed E-state index contributed by atoms with van der Waals surface area (Å²) in [6, 6.07) is 0. The fourth-order valence-corrected chi connectivity index (χ4v) is 4.32. The Labute approximate surface area is 121 Å². The molecule has 0 unspecified atom stereocenters. The number of alkyl halides is 1. The summed E-state index contributed by atoms with van der Waals surface area (Å²) in [5.41, 5.74) is 0.566. The third kappa shape index (κ3) is 3.94. The molecule has 0 amide bonds. The molecule has 1 aliphatic heterocycles. The van der Waals surface area contributed by atoms with Gasteiger partial charge in [-0.1, -0.05) is 35.2 Å². The van der Waals surface area contributed by atoms with E-state index in [4.69, 9.17) is 4.74 Å². The van der Waals surface area contributed by atoms with Crippen LogP contribution in [0.1, 0.15) is 51.9 Å². The van der Waals surface area contributed by atoms with Crippen molar-refractivity contribution in [3.63, 3.8) is 0 Å². The number of piperidine rings is 1. The Bertz CT molecular complexity index is 233. The van der Waals surface area contributed by atoms with Crippen LogP contribution in [0.2, 0.25) is 0 Å². The zero-order chi connectivity index (χ0) is 12.8. The van der Waals surface area contributed by atoms with Crippen LogP contribution < -0.4 is 0 Å². The Morgan fingerprint density at radius 3 is 2.39 bits per heavy atom. The van der Waals surface area contributed by atoms with Crippen LogP contribution in [-0.4, -0.2) is 42.6 Å². The van der Waals surface area contributed by atoms with Crippen LogP contribution in [0, 0.1) is 5.41 Å². The second-order valence-electron chi connectivity index (χ2n) is 6.13. The van der Waals surface area contributed by atoms with Crippen molar-refractivity contribution in [2.45, 2.75) is 58.0 Å². The predicted octanol–water partition coefficient (Wildman–Crippen LogP) is 3.83. The van der Waals surface area contributed by atoms with Gasteiger partial charge in [0.15, 0.2) is 0 Å². The first-order valence-electron chi connectivity index (χ1n) is 7.68. The summed E-state index contributed by atoms with van der Waals surface area (Å²) in [5, 5.41) is 1.19. The topological polar surface area (TPSA) is 12.5 Å². The number of rotatable bonds is 5. The van der Waals surface area contributed by atoms with E-state index in [9.17, 15) is 0 Å². The Kier molecular flexibility index (Phi) is 5.96. The zero-order valence-electron chi connectivity index (χ0n) is 11.8. The van der Waals surface area contributed by atoms with Crippen molar-refractivity contribution in [3.8, 4) is 0 Å². The van der Waals surface area contributed by atoms with E-state index in [-0.39, 0.29) is 0 Å². The molecule has 3 heteroatoms. The Hall–Kier alpha value is 0.400. The maximum Gasteiger partial charge on any atom is 0.0599 e. The standard InChI is InChI=1S/C15H28BrNO/c1-2-18-14-6-10-17(11-7-14)13-15(12-16)8-4-3-5-9-15/h14H,2-13H2,1H3. The van der Waals surface area contributed by atoms with Crippen LogP contribution in [-0.2, 0) is 4.74 Å². The molecule has 0 bridgehead atoms. The van der Waals surface area contributed by atoms with Gasteiger partial charge in [0, 0.05) is 31.6 Å². The molecule has 18 heavy (non-hydrogen) atoms. The van der Waals surface area contributed by atoms with E-state index in [1.54, 1.807) is 0 Å². The quantitative estimate of drug-likeness (QED) is 0.714. The van der Waals surface area contributed by atoms with Crippen molar-refractivity contribution in [2.75, 3.05) is 31.6 Å². The van der Waals surface area contributed by atoms with Crippen LogP contribution in [0.15, 0.2) is 0 Å². The van der Waals surface area contributed by atoms with E-state index in [0.29, 0.717) is 11.5 Å². The number of likely N-dealkylation sites (tertiary alicyclic amines) is 1. The highest BCUT2D eigenvalue weighted by Crippen LogP contribution is 2.39. The molecule has 0 aromatic heterocycles. The fraction of sp³-hybridized carbons (Fsp3) is 1.00. The predicted molar refractivity (Wildman–Crippen MR) is 80.4 cm³/mol. The summed E-state index contributed by atoms with van der Waals surface area (Å²) >= 11 is 3.78. The first-order chi connectivity index (χ1) is 8.78. The number of halogens is 1. The first kappa shape index (κ1) is 14.8. The van der Waals surface area contributed by atoms with E-state index in [0.717, 1.165) is 6.61 Å². The second-order valence-corrected chi connectivity index (χ2v) is 6.69. The van der Waals surface area contributed by atoms with Gasteiger partial charge in [0.05, 0.1) is 6.10 Å². The molecule has 1 saturated carbocycles. The van der Waals surface area contributed by atoms with E-state index in [1.165, 1.54) is 69.9 Å². The van der Waals surface area contributed by atoms with Crippen LogP contribution in [0.4, 0.5) is 0 Å². The summed E-state index contributed by atoms with van der Waals surface area (Å²) in [5.74, 6) is 0. The van der Waals surface area contributed by atoms with Crippen LogP contribution in [0.25, 0.3) is 0 Å². The maximum absolute atomic E-state index is 5.74. The lowest BCUT2D eigenvalue weighted by atomic mass is 9.75. The smallest absolute Gasteiger partial charge is 0.0599 e. The molecule has 1 aliphatic carbocycles. The van der Waals surface area contributed by atoms with Gasteiger partial charge in [-0.2, -0.15) is 0 Å². The lowest BCUT2D eigenvalue weighted by Gasteiger charge is -2.42. The molecule has 2 nitrogen and oxygen atoms in total. The van der Waals surface area contributed by atoms with E-state index in [1.807, 2.05) is 0 Å². The van der Waals surface area contributed by atoms with Gasteiger partial charge in [0.25, 0.3) is 0 Å². The molecule has 0 radical (unpaired) electrons. The van der Waals surface area contributed by atoms with Gasteiger partial charge in [-0.05, 0) is 38.0 Å². The molecule has 2 fully saturated rings. The van der Waals surface area contributed by atoms with Gasteiger partial charge in [-0.25, -0.2) is 0 Å². The van der Waals surface area contributed by atoms with Gasteiger partial charge < -0.3 is 9.64 Å². The first-order valence-corrected chi connectivity index (χ1v) is 8.80. The molecule has 0 N–H and O–H groups in total. The SMILES string of the molecule is CCOC1CCN(CC2(CBr)CCCCC2)CC1. The number of hydrogen-bond acceptors (Lipinski definition) is 2. The largest absolute Gasteiger partial charge is 0.378 e. The normalized spacial score (nSPS) is 26.3. The summed E-state index contributed by atoms with van der Waals surface area (Å²) < 4.78 is 5.74. The van der Waals surface area contributed by atoms with Gasteiger partial charge in [0.1, 0.15) is 0 Å². The average molecular weight is 318 g/mol. The molecule has 106 valence electrons. The van der Waals surface area contributed by atoms with E-state index in [2.05, 4.69) is 27.8 Å². The van der Waals surface area contributed by atoms with Gasteiger partial charge in [-0.3, -0.25) is 0 Å². The molecule has 0 atom stereocenters. The van der Waals surface area contributed by atoms with Crippen molar-refractivity contribution >= 4 is 15.9 Å². The van der Waals surface area contributed by atoms with Crippen molar-refractivity contribution in [1.82, 2.24) is 4.90 Å². The minimum Gasteiger partial charge on any atom is -0.378 e. The summed E-state index contributed by atoms with van der Waals surface area (Å²) in [4.78, 5) is 2.68. The van der Waals surface area contributed by atoms with Gasteiger partial charge in [0.2, 0.25) is 0 Å². The van der Waals surface area contributed by atoms with Gasteiger partial charge >= 0.3 is 0 Å². The highest BCUT2D eigenvalue weighted by atomic mass is 79.9.